The van der Waals surface area contributed by atoms with E-state index in [4.69, 9.17) is 4.74 Å². The van der Waals surface area contributed by atoms with Gasteiger partial charge in [-0.25, -0.2) is 9.37 Å². The zero-order valence-corrected chi connectivity index (χ0v) is 15.6. The predicted molar refractivity (Wildman–Crippen MR) is 107 cm³/mol. The molecular weight excluding hydrogens is 357 g/mol. The normalized spacial score (nSPS) is 10.4. The van der Waals surface area contributed by atoms with Crippen LogP contribution in [0.15, 0.2) is 66.9 Å². The molecule has 144 valence electrons. The molecule has 1 aromatic heterocycles. The maximum absolute atomic E-state index is 13.6. The lowest BCUT2D eigenvalue weighted by Gasteiger charge is -2.10. The zero-order valence-electron chi connectivity index (χ0n) is 15.6. The summed E-state index contributed by atoms with van der Waals surface area (Å²) in [5.74, 6) is 0.310. The average Bonchev–Trinajstić information content (AvgIpc) is 2.74. The summed E-state index contributed by atoms with van der Waals surface area (Å²) in [6.07, 6.45) is 2.23. The van der Waals surface area contributed by atoms with Gasteiger partial charge in [0.25, 0.3) is 5.91 Å². The quantitative estimate of drug-likeness (QED) is 0.625. The minimum Gasteiger partial charge on any atom is -0.496 e. The Morgan fingerprint density at radius 1 is 1.04 bits per heavy atom. The van der Waals surface area contributed by atoms with Crippen molar-refractivity contribution in [1.29, 1.82) is 0 Å². The maximum Gasteiger partial charge on any atom is 0.269 e. The van der Waals surface area contributed by atoms with Crippen LogP contribution < -0.4 is 15.4 Å². The number of hydrogen-bond donors (Lipinski definition) is 2. The fraction of sp³-hybridized carbons (Fsp3) is 0.182. The highest BCUT2D eigenvalue weighted by molar-refractivity contribution is 5.92. The van der Waals surface area contributed by atoms with Crippen molar-refractivity contribution in [3.8, 4) is 5.75 Å². The SMILES string of the molecule is COc1ccccc1CCNC(=O)c1ccc(NCc2ccccc2F)cn1. The molecule has 5 nitrogen and oxygen atoms in total. The molecule has 0 saturated heterocycles. The third-order valence-electron chi connectivity index (χ3n) is 4.31. The predicted octanol–water partition coefficient (Wildman–Crippen LogP) is 3.81. The van der Waals surface area contributed by atoms with E-state index in [9.17, 15) is 9.18 Å². The zero-order chi connectivity index (χ0) is 19.8. The summed E-state index contributed by atoms with van der Waals surface area (Å²) in [6, 6.07) is 17.7. The molecule has 28 heavy (non-hydrogen) atoms. The minimum atomic E-state index is -0.256. The van der Waals surface area contributed by atoms with Crippen molar-refractivity contribution in [1.82, 2.24) is 10.3 Å². The van der Waals surface area contributed by atoms with Gasteiger partial charge in [0.05, 0.1) is 19.0 Å². The van der Waals surface area contributed by atoms with Gasteiger partial charge in [0.15, 0.2) is 0 Å². The number of pyridine rings is 1. The van der Waals surface area contributed by atoms with Crippen molar-refractivity contribution >= 4 is 11.6 Å². The van der Waals surface area contributed by atoms with Crippen LogP contribution in [0.1, 0.15) is 21.6 Å². The van der Waals surface area contributed by atoms with Crippen LogP contribution >= 0.6 is 0 Å². The molecule has 2 N–H and O–H groups in total. The summed E-state index contributed by atoms with van der Waals surface area (Å²) in [5.41, 5.74) is 2.65. The topological polar surface area (TPSA) is 63.2 Å². The van der Waals surface area contributed by atoms with Gasteiger partial charge in [-0.05, 0) is 36.2 Å². The molecule has 0 atom stereocenters. The fourth-order valence-electron chi connectivity index (χ4n) is 2.78. The van der Waals surface area contributed by atoms with Gasteiger partial charge in [0.1, 0.15) is 17.3 Å². The Kier molecular flexibility index (Phi) is 6.57. The summed E-state index contributed by atoms with van der Waals surface area (Å²) in [4.78, 5) is 16.4. The first kappa shape index (κ1) is 19.4. The van der Waals surface area contributed by atoms with Crippen LogP contribution in [0.5, 0.6) is 5.75 Å². The first-order valence-corrected chi connectivity index (χ1v) is 9.01. The molecule has 3 rings (SSSR count). The lowest BCUT2D eigenvalue weighted by molar-refractivity contribution is 0.0949. The van der Waals surface area contributed by atoms with Crippen molar-refractivity contribution in [2.24, 2.45) is 0 Å². The molecule has 0 aliphatic carbocycles. The maximum atomic E-state index is 13.6. The molecule has 0 radical (unpaired) electrons. The third-order valence-corrected chi connectivity index (χ3v) is 4.31. The smallest absolute Gasteiger partial charge is 0.269 e. The van der Waals surface area contributed by atoms with Gasteiger partial charge in [0, 0.05) is 18.7 Å². The van der Waals surface area contributed by atoms with Gasteiger partial charge in [-0.3, -0.25) is 4.79 Å². The van der Waals surface area contributed by atoms with Crippen LogP contribution in [0.2, 0.25) is 0 Å². The molecule has 0 aliphatic heterocycles. The summed E-state index contributed by atoms with van der Waals surface area (Å²) >= 11 is 0. The number of ether oxygens (including phenoxy) is 1. The van der Waals surface area contributed by atoms with Crippen molar-refractivity contribution in [2.75, 3.05) is 19.0 Å². The van der Waals surface area contributed by atoms with Crippen LogP contribution in [0.25, 0.3) is 0 Å². The average molecular weight is 379 g/mol. The third kappa shape index (κ3) is 5.07. The van der Waals surface area contributed by atoms with Crippen molar-refractivity contribution in [3.05, 3.63) is 89.5 Å². The second-order valence-corrected chi connectivity index (χ2v) is 6.19. The molecule has 0 saturated carbocycles. The van der Waals surface area contributed by atoms with E-state index in [1.807, 2.05) is 24.3 Å². The number of amides is 1. The van der Waals surface area contributed by atoms with Crippen molar-refractivity contribution in [2.45, 2.75) is 13.0 Å². The highest BCUT2D eigenvalue weighted by atomic mass is 19.1. The molecule has 1 amide bonds. The summed E-state index contributed by atoms with van der Waals surface area (Å²) in [5, 5.41) is 5.95. The Balaban J connectivity index is 1.50. The lowest BCUT2D eigenvalue weighted by atomic mass is 10.1. The monoisotopic (exact) mass is 379 g/mol. The summed E-state index contributed by atoms with van der Waals surface area (Å²) < 4.78 is 18.9. The van der Waals surface area contributed by atoms with Gasteiger partial charge >= 0.3 is 0 Å². The summed E-state index contributed by atoms with van der Waals surface area (Å²) in [7, 11) is 1.63. The van der Waals surface area contributed by atoms with E-state index in [0.29, 0.717) is 36.5 Å². The number of para-hydroxylation sites is 1. The number of carbonyl (C=O) groups excluding carboxylic acids is 1. The Labute approximate surface area is 163 Å². The van der Waals surface area contributed by atoms with Gasteiger partial charge in [0.2, 0.25) is 0 Å². The van der Waals surface area contributed by atoms with E-state index in [-0.39, 0.29) is 11.7 Å². The second kappa shape index (κ2) is 9.50. The number of aromatic nitrogens is 1. The number of nitrogens with zero attached hydrogens (tertiary/aromatic N) is 1. The van der Waals surface area contributed by atoms with E-state index in [2.05, 4.69) is 15.6 Å². The van der Waals surface area contributed by atoms with E-state index in [0.717, 1.165) is 11.3 Å². The molecule has 0 bridgehead atoms. The van der Waals surface area contributed by atoms with Crippen LogP contribution in [-0.4, -0.2) is 24.5 Å². The number of rotatable bonds is 8. The Morgan fingerprint density at radius 3 is 2.50 bits per heavy atom. The van der Waals surface area contributed by atoms with Crippen LogP contribution in [0.3, 0.4) is 0 Å². The highest BCUT2D eigenvalue weighted by Crippen LogP contribution is 2.17. The number of carbonyl (C=O) groups is 1. The molecule has 3 aromatic rings. The van der Waals surface area contributed by atoms with Gasteiger partial charge in [-0.1, -0.05) is 36.4 Å². The van der Waals surface area contributed by atoms with Gasteiger partial charge in [-0.15, -0.1) is 0 Å². The van der Waals surface area contributed by atoms with Crippen molar-refractivity contribution < 1.29 is 13.9 Å². The van der Waals surface area contributed by atoms with E-state index < -0.39 is 0 Å². The Morgan fingerprint density at radius 2 is 1.79 bits per heavy atom. The molecule has 1 heterocycles. The molecule has 0 spiro atoms. The number of nitrogens with one attached hydrogen (secondary N) is 2. The highest BCUT2D eigenvalue weighted by Gasteiger charge is 2.08. The fourth-order valence-corrected chi connectivity index (χ4v) is 2.78. The number of methoxy groups -OCH3 is 1. The molecule has 0 fully saturated rings. The molecule has 0 unspecified atom stereocenters. The summed E-state index contributed by atoms with van der Waals surface area (Å²) in [6.45, 7) is 0.826. The van der Waals surface area contributed by atoms with Crippen LogP contribution in [-0.2, 0) is 13.0 Å². The van der Waals surface area contributed by atoms with E-state index in [1.54, 1.807) is 43.6 Å². The molecular formula is C22H22FN3O2. The molecule has 2 aromatic carbocycles. The molecule has 0 aliphatic rings. The minimum absolute atomic E-state index is 0.240. The number of hydrogen-bond acceptors (Lipinski definition) is 4. The second-order valence-electron chi connectivity index (χ2n) is 6.19. The van der Waals surface area contributed by atoms with E-state index in [1.165, 1.54) is 6.07 Å². The Hall–Kier alpha value is -3.41. The van der Waals surface area contributed by atoms with Gasteiger partial charge < -0.3 is 15.4 Å². The molecule has 6 heteroatoms. The van der Waals surface area contributed by atoms with Gasteiger partial charge in [-0.2, -0.15) is 0 Å². The van der Waals surface area contributed by atoms with E-state index >= 15 is 0 Å². The van der Waals surface area contributed by atoms with Crippen LogP contribution in [0.4, 0.5) is 10.1 Å². The number of anilines is 1. The Bertz CT molecular complexity index is 929. The number of benzene rings is 2. The first-order chi connectivity index (χ1) is 13.7. The van der Waals surface area contributed by atoms with Crippen molar-refractivity contribution in [3.63, 3.8) is 0 Å². The first-order valence-electron chi connectivity index (χ1n) is 9.01. The number of halogens is 1. The van der Waals surface area contributed by atoms with Crippen LogP contribution in [0, 0.1) is 5.82 Å². The standard InChI is InChI=1S/C22H22FN3O2/c1-28-21-9-5-3-6-16(21)12-13-24-22(27)20-11-10-18(15-26-20)25-14-17-7-2-4-8-19(17)23/h2-11,15,25H,12-14H2,1H3,(H,24,27). The largest absolute Gasteiger partial charge is 0.496 e. The lowest BCUT2D eigenvalue weighted by Crippen LogP contribution is -2.26.